The van der Waals surface area contributed by atoms with Crippen LogP contribution in [0.25, 0.3) is 17.2 Å². The van der Waals surface area contributed by atoms with Gasteiger partial charge in [-0.05, 0) is 63.0 Å². The van der Waals surface area contributed by atoms with Gasteiger partial charge in [-0.15, -0.1) is 0 Å². The average molecular weight is 409 g/mol. The Morgan fingerprint density at radius 1 is 0.923 bits per heavy atom. The van der Waals surface area contributed by atoms with Gasteiger partial charge in [0, 0.05) is 6.08 Å². The molecule has 0 unspecified atom stereocenters. The van der Waals surface area contributed by atoms with Crippen molar-refractivity contribution in [3.8, 4) is 22.6 Å². The summed E-state index contributed by atoms with van der Waals surface area (Å²) in [7, 11) is 1.61. The largest absolute Gasteiger partial charge is 0.497 e. The molecule has 0 saturated heterocycles. The lowest BCUT2D eigenvalue weighted by Gasteiger charge is -2.07. The molecule has 26 heavy (non-hydrogen) atoms. The Morgan fingerprint density at radius 3 is 2.31 bits per heavy atom. The second-order valence-electron chi connectivity index (χ2n) is 5.54. The lowest BCUT2D eigenvalue weighted by Crippen LogP contribution is -2.04. The van der Waals surface area contributed by atoms with Crippen molar-refractivity contribution in [2.75, 3.05) is 7.11 Å². The molecule has 0 fully saturated rings. The van der Waals surface area contributed by atoms with E-state index >= 15 is 0 Å². The fraction of sp³-hybridized carbons (Fsp3) is 0.0455. The third-order valence-electron chi connectivity index (χ3n) is 3.78. The van der Waals surface area contributed by atoms with Gasteiger partial charge < -0.3 is 9.47 Å². The normalized spacial score (nSPS) is 10.7. The van der Waals surface area contributed by atoms with Crippen LogP contribution in [0.3, 0.4) is 0 Å². The Morgan fingerprint density at radius 2 is 1.65 bits per heavy atom. The Labute approximate surface area is 161 Å². The van der Waals surface area contributed by atoms with Gasteiger partial charge in [0.2, 0.25) is 0 Å². The van der Waals surface area contributed by atoms with Gasteiger partial charge in [0.05, 0.1) is 11.6 Å². The van der Waals surface area contributed by atoms with E-state index in [1.165, 1.54) is 6.08 Å². The number of hydrogen-bond acceptors (Lipinski definition) is 3. The molecule has 0 heterocycles. The highest BCUT2D eigenvalue weighted by molar-refractivity contribution is 9.10. The number of carbonyl (C=O) groups excluding carboxylic acids is 1. The first-order valence-corrected chi connectivity index (χ1v) is 8.84. The number of hydrogen-bond donors (Lipinski definition) is 0. The highest BCUT2D eigenvalue weighted by atomic mass is 79.9. The maximum absolute atomic E-state index is 12.1. The lowest BCUT2D eigenvalue weighted by atomic mass is 10.1. The van der Waals surface area contributed by atoms with E-state index in [2.05, 4.69) is 15.9 Å². The van der Waals surface area contributed by atoms with Crippen molar-refractivity contribution < 1.29 is 14.3 Å². The molecule has 3 rings (SSSR count). The zero-order chi connectivity index (χ0) is 18.4. The summed E-state index contributed by atoms with van der Waals surface area (Å²) in [4.78, 5) is 12.1. The summed E-state index contributed by atoms with van der Waals surface area (Å²) < 4.78 is 11.2. The van der Waals surface area contributed by atoms with Crippen LogP contribution >= 0.6 is 15.9 Å². The zero-order valence-corrected chi connectivity index (χ0v) is 15.8. The molecule has 130 valence electrons. The molecule has 3 aromatic carbocycles. The summed E-state index contributed by atoms with van der Waals surface area (Å²) in [6, 6.07) is 23.1. The summed E-state index contributed by atoms with van der Waals surface area (Å²) in [5.41, 5.74) is 3.04. The molecule has 0 saturated carbocycles. The van der Waals surface area contributed by atoms with Crippen molar-refractivity contribution in [1.82, 2.24) is 0 Å². The predicted molar refractivity (Wildman–Crippen MR) is 107 cm³/mol. The molecule has 0 amide bonds. The van der Waals surface area contributed by atoms with Crippen LogP contribution in [0.4, 0.5) is 0 Å². The van der Waals surface area contributed by atoms with E-state index in [1.807, 2.05) is 66.7 Å². The minimum Gasteiger partial charge on any atom is -0.497 e. The number of esters is 1. The second kappa shape index (κ2) is 8.50. The zero-order valence-electron chi connectivity index (χ0n) is 14.2. The van der Waals surface area contributed by atoms with Gasteiger partial charge in [-0.25, -0.2) is 4.79 Å². The van der Waals surface area contributed by atoms with Crippen LogP contribution in [0.5, 0.6) is 11.5 Å². The van der Waals surface area contributed by atoms with Gasteiger partial charge in [0.25, 0.3) is 0 Å². The minimum absolute atomic E-state index is 0.436. The Balaban J connectivity index is 1.68. The van der Waals surface area contributed by atoms with Crippen LogP contribution in [-0.4, -0.2) is 13.1 Å². The van der Waals surface area contributed by atoms with E-state index in [9.17, 15) is 4.79 Å². The van der Waals surface area contributed by atoms with Gasteiger partial charge in [-0.1, -0.05) is 48.5 Å². The van der Waals surface area contributed by atoms with Crippen molar-refractivity contribution in [3.05, 3.63) is 88.9 Å². The first-order valence-electron chi connectivity index (χ1n) is 8.04. The molecule has 0 aliphatic carbocycles. The van der Waals surface area contributed by atoms with Crippen molar-refractivity contribution in [2.45, 2.75) is 0 Å². The third kappa shape index (κ3) is 4.61. The molecule has 0 bridgehead atoms. The molecule has 4 heteroatoms. The fourth-order valence-corrected chi connectivity index (χ4v) is 2.88. The molecular formula is C22H17BrO3. The average Bonchev–Trinajstić information content (AvgIpc) is 2.69. The van der Waals surface area contributed by atoms with E-state index in [1.54, 1.807) is 19.3 Å². The third-order valence-corrected chi connectivity index (χ3v) is 4.40. The highest BCUT2D eigenvalue weighted by Gasteiger charge is 2.07. The monoisotopic (exact) mass is 408 g/mol. The van der Waals surface area contributed by atoms with Gasteiger partial charge in [0.1, 0.15) is 11.5 Å². The van der Waals surface area contributed by atoms with Gasteiger partial charge in [-0.3, -0.25) is 0 Å². The molecule has 0 aliphatic rings. The number of methoxy groups -OCH3 is 1. The van der Waals surface area contributed by atoms with Crippen LogP contribution in [0.1, 0.15) is 5.56 Å². The van der Waals surface area contributed by atoms with Crippen molar-refractivity contribution in [2.24, 2.45) is 0 Å². The predicted octanol–water partition coefficient (Wildman–Crippen LogP) is 5.74. The van der Waals surface area contributed by atoms with Crippen molar-refractivity contribution in [3.63, 3.8) is 0 Å². The van der Waals surface area contributed by atoms with Gasteiger partial charge in [0.15, 0.2) is 0 Å². The Kier molecular flexibility index (Phi) is 5.87. The number of rotatable bonds is 5. The van der Waals surface area contributed by atoms with Crippen molar-refractivity contribution in [1.29, 1.82) is 0 Å². The van der Waals surface area contributed by atoms with Crippen LogP contribution in [0, 0.1) is 0 Å². The summed E-state index contributed by atoms with van der Waals surface area (Å²) in [6.07, 6.45) is 3.10. The first kappa shape index (κ1) is 18.0. The number of carbonyl (C=O) groups is 1. The van der Waals surface area contributed by atoms with E-state index in [-0.39, 0.29) is 0 Å². The fourth-order valence-electron chi connectivity index (χ4n) is 2.42. The first-order chi connectivity index (χ1) is 12.7. The molecule has 0 aliphatic heterocycles. The SMILES string of the molecule is COc1ccc(/C=C/C(=O)Oc2ccc(-c3ccccc3)cc2Br)cc1. The Hall–Kier alpha value is -2.85. The molecule has 3 nitrogen and oxygen atoms in total. The molecule has 0 N–H and O–H groups in total. The summed E-state index contributed by atoms with van der Waals surface area (Å²) in [5.74, 6) is 0.815. The van der Waals surface area contributed by atoms with Crippen LogP contribution < -0.4 is 9.47 Å². The van der Waals surface area contributed by atoms with E-state index < -0.39 is 5.97 Å². The number of ether oxygens (including phenoxy) is 2. The number of benzene rings is 3. The molecule has 0 aromatic heterocycles. The highest BCUT2D eigenvalue weighted by Crippen LogP contribution is 2.30. The minimum atomic E-state index is -0.436. The van der Waals surface area contributed by atoms with E-state index in [0.29, 0.717) is 5.75 Å². The molecule has 0 atom stereocenters. The molecule has 0 spiro atoms. The maximum Gasteiger partial charge on any atom is 0.336 e. The quantitative estimate of drug-likeness (QED) is 0.306. The second-order valence-corrected chi connectivity index (χ2v) is 6.39. The summed E-state index contributed by atoms with van der Waals surface area (Å²) in [6.45, 7) is 0. The molecule has 0 radical (unpaired) electrons. The van der Waals surface area contributed by atoms with Gasteiger partial charge in [-0.2, -0.15) is 0 Å². The summed E-state index contributed by atoms with van der Waals surface area (Å²) >= 11 is 3.47. The topological polar surface area (TPSA) is 35.5 Å². The van der Waals surface area contributed by atoms with E-state index in [0.717, 1.165) is 26.9 Å². The van der Waals surface area contributed by atoms with Gasteiger partial charge >= 0.3 is 5.97 Å². The van der Waals surface area contributed by atoms with Crippen LogP contribution in [0.15, 0.2) is 83.3 Å². The van der Waals surface area contributed by atoms with Crippen LogP contribution in [0.2, 0.25) is 0 Å². The molecule has 3 aromatic rings. The number of halogens is 1. The standard InChI is InChI=1S/C22H17BrO3/c1-25-19-11-7-16(8-12-19)9-14-22(24)26-21-13-10-18(15-20(21)23)17-5-3-2-4-6-17/h2-15H,1H3/b14-9+. The maximum atomic E-state index is 12.1. The van der Waals surface area contributed by atoms with E-state index in [4.69, 9.17) is 9.47 Å². The Bertz CT molecular complexity index is 916. The van der Waals surface area contributed by atoms with Crippen molar-refractivity contribution >= 4 is 28.0 Å². The smallest absolute Gasteiger partial charge is 0.336 e. The molecular weight excluding hydrogens is 392 g/mol. The lowest BCUT2D eigenvalue weighted by molar-refractivity contribution is -0.128. The summed E-state index contributed by atoms with van der Waals surface area (Å²) in [5, 5.41) is 0. The van der Waals surface area contributed by atoms with Crippen LogP contribution in [-0.2, 0) is 4.79 Å².